The van der Waals surface area contributed by atoms with E-state index >= 15 is 0 Å². The van der Waals surface area contributed by atoms with Crippen LogP contribution in [-0.2, 0) is 19.1 Å². The van der Waals surface area contributed by atoms with Gasteiger partial charge in [-0.05, 0) is 97.0 Å². The van der Waals surface area contributed by atoms with Crippen LogP contribution in [-0.4, -0.2) is 54.8 Å². The van der Waals surface area contributed by atoms with Crippen molar-refractivity contribution in [1.82, 2.24) is 10.6 Å². The monoisotopic (exact) mass is 492 g/mol. The highest BCUT2D eigenvalue weighted by atomic mass is 32.2. The highest BCUT2D eigenvalue weighted by molar-refractivity contribution is 7.99. The van der Waals surface area contributed by atoms with Gasteiger partial charge in [-0.2, -0.15) is 0 Å². The lowest BCUT2D eigenvalue weighted by Crippen LogP contribution is -2.41. The van der Waals surface area contributed by atoms with E-state index in [4.69, 9.17) is 9.47 Å². The Kier molecular flexibility index (Phi) is 11.5. The van der Waals surface area contributed by atoms with Crippen molar-refractivity contribution in [3.05, 3.63) is 35.9 Å². The molecule has 192 valence electrons. The fourth-order valence-corrected chi connectivity index (χ4v) is 4.27. The Hall–Kier alpha value is -1.41. The van der Waals surface area contributed by atoms with Crippen LogP contribution in [0.4, 0.5) is 0 Å². The first-order chi connectivity index (χ1) is 16.0. The number of carbonyl (C=O) groups excluding carboxylic acids is 2. The Morgan fingerprint density at radius 2 is 1.59 bits per heavy atom. The topological polar surface area (TPSA) is 76.7 Å². The van der Waals surface area contributed by atoms with Crippen LogP contribution in [0.1, 0.15) is 71.9 Å². The van der Waals surface area contributed by atoms with Crippen LogP contribution in [0.5, 0.6) is 0 Å². The zero-order chi connectivity index (χ0) is 25.2. The van der Waals surface area contributed by atoms with E-state index in [2.05, 4.69) is 10.6 Å². The van der Waals surface area contributed by atoms with Gasteiger partial charge in [0.15, 0.2) is 0 Å². The molecule has 0 aromatic heterocycles. The van der Waals surface area contributed by atoms with Crippen molar-refractivity contribution in [2.75, 3.05) is 26.0 Å². The van der Waals surface area contributed by atoms with E-state index < -0.39 is 11.6 Å². The molecule has 1 aromatic rings. The second kappa shape index (κ2) is 13.6. The lowest BCUT2D eigenvalue weighted by Gasteiger charge is -2.31. The molecular formula is C27H44N2O4S. The number of carbonyl (C=O) groups is 2. The van der Waals surface area contributed by atoms with Gasteiger partial charge in [-0.1, -0.05) is 30.3 Å². The van der Waals surface area contributed by atoms with Crippen LogP contribution in [0.2, 0.25) is 0 Å². The van der Waals surface area contributed by atoms with Crippen LogP contribution >= 0.6 is 11.8 Å². The summed E-state index contributed by atoms with van der Waals surface area (Å²) >= 11 is 1.63. The minimum Gasteiger partial charge on any atom is -0.459 e. The van der Waals surface area contributed by atoms with Gasteiger partial charge in [-0.15, -0.1) is 11.8 Å². The number of ether oxygens (including phenoxy) is 2. The molecule has 34 heavy (non-hydrogen) atoms. The van der Waals surface area contributed by atoms with E-state index in [1.165, 1.54) is 0 Å². The summed E-state index contributed by atoms with van der Waals surface area (Å²) in [5.74, 6) is 0.851. The highest BCUT2D eigenvalue weighted by Crippen LogP contribution is 2.29. The van der Waals surface area contributed by atoms with Crippen LogP contribution < -0.4 is 10.6 Å². The molecule has 1 aromatic carbocycles. The van der Waals surface area contributed by atoms with Crippen LogP contribution in [0, 0.1) is 11.8 Å². The normalized spacial score (nSPS) is 21.0. The van der Waals surface area contributed by atoms with Crippen molar-refractivity contribution in [3.8, 4) is 0 Å². The van der Waals surface area contributed by atoms with Crippen molar-refractivity contribution in [2.24, 2.45) is 11.8 Å². The van der Waals surface area contributed by atoms with Crippen molar-refractivity contribution >= 4 is 24.0 Å². The molecule has 7 heteroatoms. The molecule has 0 heterocycles. The first-order valence-electron chi connectivity index (χ1n) is 12.4. The molecule has 1 unspecified atom stereocenters. The lowest BCUT2D eigenvalue weighted by molar-refractivity contribution is -0.157. The molecule has 1 fully saturated rings. The Labute approximate surface area is 210 Å². The van der Waals surface area contributed by atoms with Gasteiger partial charge in [0.1, 0.15) is 22.9 Å². The number of benzene rings is 1. The molecule has 0 aliphatic heterocycles. The highest BCUT2D eigenvalue weighted by Gasteiger charge is 2.28. The maximum Gasteiger partial charge on any atom is 0.328 e. The van der Waals surface area contributed by atoms with Gasteiger partial charge in [0.05, 0.1) is 12.6 Å². The van der Waals surface area contributed by atoms with Gasteiger partial charge in [-0.25, -0.2) is 4.79 Å². The summed E-state index contributed by atoms with van der Waals surface area (Å²) in [6.45, 7) is 11.7. The van der Waals surface area contributed by atoms with E-state index in [1.807, 2.05) is 71.2 Å². The third-order valence-corrected chi connectivity index (χ3v) is 7.39. The largest absolute Gasteiger partial charge is 0.459 e. The molecule has 0 saturated heterocycles. The summed E-state index contributed by atoms with van der Waals surface area (Å²) in [6, 6.07) is 9.06. The number of esters is 1. The predicted molar refractivity (Wildman–Crippen MR) is 140 cm³/mol. The summed E-state index contributed by atoms with van der Waals surface area (Å²) in [7, 11) is 0. The van der Waals surface area contributed by atoms with Gasteiger partial charge < -0.3 is 24.9 Å². The Bertz CT molecular complexity index is 743. The van der Waals surface area contributed by atoms with E-state index in [0.29, 0.717) is 18.4 Å². The van der Waals surface area contributed by atoms with Crippen molar-refractivity contribution in [3.63, 3.8) is 0 Å². The molecule has 6 nitrogen and oxygen atoms in total. The number of nitrogens with one attached hydrogen (secondary N) is 2. The summed E-state index contributed by atoms with van der Waals surface area (Å²) in [5.41, 5.74) is 0.410. The Morgan fingerprint density at radius 3 is 2.09 bits per heavy atom. The number of thioether (sulfide) groups is 1. The second-order valence-electron chi connectivity index (χ2n) is 10.7. The molecular weight excluding hydrogens is 448 g/mol. The molecule has 0 bridgehead atoms. The zero-order valence-corrected chi connectivity index (χ0v) is 22.6. The average Bonchev–Trinajstić information content (AvgIpc) is 2.79. The van der Waals surface area contributed by atoms with E-state index in [9.17, 15) is 9.59 Å². The summed E-state index contributed by atoms with van der Waals surface area (Å²) in [4.78, 5) is 24.0. The van der Waals surface area contributed by atoms with Gasteiger partial charge in [0, 0.05) is 0 Å². The first kappa shape index (κ1) is 28.8. The first-order valence-corrected chi connectivity index (χ1v) is 13.6. The van der Waals surface area contributed by atoms with Crippen molar-refractivity contribution < 1.29 is 19.1 Å². The van der Waals surface area contributed by atoms with Gasteiger partial charge in [0.25, 0.3) is 0 Å². The molecule has 1 saturated carbocycles. The standard InChI is InChI=1S/C27H44N2O4S/c1-26(2,3)33-25(31)24(22-10-8-7-9-11-22)29-17-21-14-12-20(13-15-21)16-28-23(18-30)19-32-27(4,5)34-6/h7-11,18,20-21,23-24,28-29H,12-17,19H2,1-6H3/t20?,21?,23?,24-/m0/s1. The Morgan fingerprint density at radius 1 is 1.03 bits per heavy atom. The summed E-state index contributed by atoms with van der Waals surface area (Å²) in [6.07, 6.45) is 7.40. The maximum absolute atomic E-state index is 12.9. The summed E-state index contributed by atoms with van der Waals surface area (Å²) < 4.78 is 11.5. The van der Waals surface area contributed by atoms with Crippen molar-refractivity contribution in [1.29, 1.82) is 0 Å². The van der Waals surface area contributed by atoms with E-state index in [1.54, 1.807) is 11.8 Å². The molecule has 0 amide bonds. The minimum absolute atomic E-state index is 0.233. The number of aldehydes is 1. The predicted octanol–water partition coefficient (Wildman–Crippen LogP) is 4.74. The Balaban J connectivity index is 1.79. The average molecular weight is 493 g/mol. The number of hydrogen-bond donors (Lipinski definition) is 2. The molecule has 1 aliphatic rings. The smallest absolute Gasteiger partial charge is 0.328 e. The maximum atomic E-state index is 12.9. The zero-order valence-electron chi connectivity index (χ0n) is 21.8. The quantitative estimate of drug-likeness (QED) is 0.234. The SMILES string of the molecule is CSC(C)(C)OCC(C=O)NCC1CCC(CN[C@H](C(=O)OC(C)(C)C)c2ccccc2)CC1. The second-order valence-corrected chi connectivity index (χ2v) is 12.1. The van der Waals surface area contributed by atoms with Crippen molar-refractivity contribution in [2.45, 2.75) is 82.9 Å². The molecule has 2 rings (SSSR count). The van der Waals surface area contributed by atoms with Gasteiger partial charge >= 0.3 is 5.97 Å². The molecule has 1 aliphatic carbocycles. The molecule has 0 radical (unpaired) electrons. The number of rotatable bonds is 13. The third-order valence-electron chi connectivity index (χ3n) is 6.29. The van der Waals surface area contributed by atoms with Crippen LogP contribution in [0.15, 0.2) is 30.3 Å². The fraction of sp³-hybridized carbons (Fsp3) is 0.704. The van der Waals surface area contributed by atoms with E-state index in [-0.39, 0.29) is 16.9 Å². The summed E-state index contributed by atoms with van der Waals surface area (Å²) in [5, 5.41) is 6.86. The van der Waals surface area contributed by atoms with Gasteiger partial charge in [0.2, 0.25) is 0 Å². The lowest BCUT2D eigenvalue weighted by atomic mass is 9.81. The van der Waals surface area contributed by atoms with Crippen LogP contribution in [0.25, 0.3) is 0 Å². The van der Waals surface area contributed by atoms with Gasteiger partial charge in [-0.3, -0.25) is 0 Å². The van der Waals surface area contributed by atoms with E-state index in [0.717, 1.165) is 50.6 Å². The molecule has 0 spiro atoms. The number of hydrogen-bond acceptors (Lipinski definition) is 7. The molecule has 2 atom stereocenters. The third kappa shape index (κ3) is 10.5. The minimum atomic E-state index is -0.521. The molecule has 2 N–H and O–H groups in total. The van der Waals surface area contributed by atoms with Crippen LogP contribution in [0.3, 0.4) is 0 Å². The fourth-order valence-electron chi connectivity index (χ4n) is 4.08.